The van der Waals surface area contributed by atoms with Crippen LogP contribution in [0.4, 0.5) is 4.39 Å². The summed E-state index contributed by atoms with van der Waals surface area (Å²) in [5, 5.41) is 2.82. The summed E-state index contributed by atoms with van der Waals surface area (Å²) in [7, 11) is 1.51. The van der Waals surface area contributed by atoms with E-state index in [0.29, 0.717) is 17.9 Å². The second-order valence-electron chi connectivity index (χ2n) is 5.08. The Bertz CT molecular complexity index is 702. The molecule has 4 nitrogen and oxygen atoms in total. The molecule has 1 amide bonds. The molecule has 1 N–H and O–H groups in total. The van der Waals surface area contributed by atoms with Crippen LogP contribution in [-0.2, 0) is 11.3 Å². The molecule has 1 unspecified atom stereocenters. The lowest BCUT2D eigenvalue weighted by Crippen LogP contribution is -2.29. The number of benzene rings is 2. The fourth-order valence-corrected chi connectivity index (χ4v) is 2.57. The van der Waals surface area contributed by atoms with E-state index < -0.39 is 0 Å². The monoisotopic (exact) mass is 301 g/mol. The van der Waals surface area contributed by atoms with Crippen molar-refractivity contribution in [2.75, 3.05) is 13.7 Å². The van der Waals surface area contributed by atoms with Crippen LogP contribution in [0.15, 0.2) is 42.5 Å². The minimum absolute atomic E-state index is 0.142. The zero-order valence-electron chi connectivity index (χ0n) is 12.1. The first-order valence-corrected chi connectivity index (χ1v) is 7.01. The minimum Gasteiger partial charge on any atom is -0.496 e. The summed E-state index contributed by atoms with van der Waals surface area (Å²) in [6, 6.07) is 11.7. The number of ether oxygens (including phenoxy) is 2. The Hall–Kier alpha value is -2.56. The molecular weight excluding hydrogens is 285 g/mol. The fraction of sp³-hybridized carbons (Fsp3) is 0.235. The van der Waals surface area contributed by atoms with Crippen LogP contribution >= 0.6 is 0 Å². The van der Waals surface area contributed by atoms with Gasteiger partial charge in [0, 0.05) is 17.7 Å². The van der Waals surface area contributed by atoms with Crippen molar-refractivity contribution in [2.24, 2.45) is 0 Å². The van der Waals surface area contributed by atoms with E-state index in [4.69, 9.17) is 9.47 Å². The van der Waals surface area contributed by atoms with Gasteiger partial charge < -0.3 is 14.8 Å². The van der Waals surface area contributed by atoms with E-state index in [1.165, 1.54) is 19.2 Å². The van der Waals surface area contributed by atoms with E-state index in [-0.39, 0.29) is 24.2 Å². The van der Waals surface area contributed by atoms with Gasteiger partial charge >= 0.3 is 0 Å². The van der Waals surface area contributed by atoms with Crippen molar-refractivity contribution in [3.8, 4) is 11.5 Å². The predicted octanol–water partition coefficient (Wildman–Crippen LogP) is 2.63. The maximum absolute atomic E-state index is 13.3. The summed E-state index contributed by atoms with van der Waals surface area (Å²) in [5.74, 6) is 0.447. The van der Waals surface area contributed by atoms with Gasteiger partial charge in [0.05, 0.1) is 7.11 Å². The first-order chi connectivity index (χ1) is 10.7. The highest BCUT2D eigenvalue weighted by atomic mass is 19.1. The molecule has 22 heavy (non-hydrogen) atoms. The van der Waals surface area contributed by atoms with Gasteiger partial charge in [-0.3, -0.25) is 4.79 Å². The lowest BCUT2D eigenvalue weighted by atomic mass is 10.0. The highest BCUT2D eigenvalue weighted by molar-refractivity contribution is 5.85. The molecule has 2 aromatic carbocycles. The Balaban J connectivity index is 1.70. The van der Waals surface area contributed by atoms with Gasteiger partial charge in [0.2, 0.25) is 5.91 Å². The summed E-state index contributed by atoms with van der Waals surface area (Å²) in [4.78, 5) is 12.3. The molecule has 2 aromatic rings. The summed E-state index contributed by atoms with van der Waals surface area (Å²) in [5.41, 5.74) is 1.48. The number of carbonyl (C=O) groups is 1. The average molecular weight is 301 g/mol. The smallest absolute Gasteiger partial charge is 0.231 e. The van der Waals surface area contributed by atoms with Crippen molar-refractivity contribution < 1.29 is 18.7 Å². The largest absolute Gasteiger partial charge is 0.496 e. The first kappa shape index (κ1) is 14.4. The van der Waals surface area contributed by atoms with Crippen LogP contribution in [0.2, 0.25) is 0 Å². The molecule has 5 heteroatoms. The van der Waals surface area contributed by atoms with E-state index >= 15 is 0 Å². The fourth-order valence-electron chi connectivity index (χ4n) is 2.57. The number of halogens is 1. The van der Waals surface area contributed by atoms with Gasteiger partial charge in [-0.1, -0.05) is 18.2 Å². The minimum atomic E-state index is -0.361. The number of nitrogens with one attached hydrogen (secondary N) is 1. The van der Waals surface area contributed by atoms with E-state index in [1.54, 1.807) is 6.07 Å². The molecule has 0 fully saturated rings. The topological polar surface area (TPSA) is 47.6 Å². The molecule has 1 aliphatic heterocycles. The van der Waals surface area contributed by atoms with Gasteiger partial charge in [0.1, 0.15) is 29.8 Å². The lowest BCUT2D eigenvalue weighted by Gasteiger charge is -2.12. The van der Waals surface area contributed by atoms with E-state index in [1.807, 2.05) is 24.3 Å². The summed E-state index contributed by atoms with van der Waals surface area (Å²) >= 11 is 0. The van der Waals surface area contributed by atoms with Gasteiger partial charge in [-0.15, -0.1) is 0 Å². The Labute approximate surface area is 127 Å². The van der Waals surface area contributed by atoms with Crippen LogP contribution in [-0.4, -0.2) is 19.6 Å². The normalized spacial score (nSPS) is 15.8. The number of amides is 1. The maximum Gasteiger partial charge on any atom is 0.231 e. The third-order valence-corrected chi connectivity index (χ3v) is 3.71. The molecule has 0 saturated heterocycles. The van der Waals surface area contributed by atoms with Crippen LogP contribution in [0.25, 0.3) is 0 Å². The maximum atomic E-state index is 13.3. The van der Waals surface area contributed by atoms with Crippen LogP contribution in [0.3, 0.4) is 0 Å². The van der Waals surface area contributed by atoms with Gasteiger partial charge in [0.25, 0.3) is 0 Å². The Morgan fingerprint density at radius 1 is 1.36 bits per heavy atom. The van der Waals surface area contributed by atoms with E-state index in [9.17, 15) is 9.18 Å². The molecule has 3 rings (SSSR count). The number of hydrogen-bond donors (Lipinski definition) is 1. The van der Waals surface area contributed by atoms with E-state index in [2.05, 4.69) is 5.32 Å². The van der Waals surface area contributed by atoms with Crippen LogP contribution in [0.5, 0.6) is 11.5 Å². The molecule has 1 atom stereocenters. The van der Waals surface area contributed by atoms with Crippen molar-refractivity contribution in [1.82, 2.24) is 5.32 Å². The summed E-state index contributed by atoms with van der Waals surface area (Å²) in [6.07, 6.45) is 0. The Morgan fingerprint density at radius 3 is 3.00 bits per heavy atom. The van der Waals surface area contributed by atoms with Crippen molar-refractivity contribution in [1.29, 1.82) is 0 Å². The SMILES string of the molecule is COc1ccc(F)cc1CNC(=O)C1COc2ccccc21. The molecule has 0 radical (unpaired) electrons. The Morgan fingerprint density at radius 2 is 2.18 bits per heavy atom. The summed E-state index contributed by atoms with van der Waals surface area (Å²) in [6.45, 7) is 0.532. The second-order valence-corrected chi connectivity index (χ2v) is 5.08. The first-order valence-electron chi connectivity index (χ1n) is 7.01. The molecule has 1 heterocycles. The van der Waals surface area contributed by atoms with Gasteiger partial charge in [-0.2, -0.15) is 0 Å². The number of fused-ring (bicyclic) bond motifs is 1. The van der Waals surface area contributed by atoms with Crippen molar-refractivity contribution in [2.45, 2.75) is 12.5 Å². The number of carbonyl (C=O) groups excluding carboxylic acids is 1. The zero-order chi connectivity index (χ0) is 15.5. The molecule has 1 aliphatic rings. The van der Waals surface area contributed by atoms with Gasteiger partial charge in [-0.05, 0) is 24.3 Å². The van der Waals surface area contributed by atoms with E-state index in [0.717, 1.165) is 11.3 Å². The number of methoxy groups -OCH3 is 1. The molecule has 0 aromatic heterocycles. The second kappa shape index (κ2) is 6.05. The summed E-state index contributed by atoms with van der Waals surface area (Å²) < 4.78 is 24.0. The third kappa shape index (κ3) is 2.74. The standard InChI is InChI=1S/C17H16FNO3/c1-21-15-7-6-12(18)8-11(15)9-19-17(20)14-10-22-16-5-3-2-4-13(14)16/h2-8,14H,9-10H2,1H3,(H,19,20). The van der Waals surface area contributed by atoms with Crippen molar-refractivity contribution in [3.63, 3.8) is 0 Å². The predicted molar refractivity (Wildman–Crippen MR) is 79.5 cm³/mol. The third-order valence-electron chi connectivity index (χ3n) is 3.71. The van der Waals surface area contributed by atoms with Crippen LogP contribution in [0, 0.1) is 5.82 Å². The number of rotatable bonds is 4. The highest BCUT2D eigenvalue weighted by Crippen LogP contribution is 2.33. The number of hydrogen-bond acceptors (Lipinski definition) is 3. The molecule has 0 aliphatic carbocycles. The average Bonchev–Trinajstić information content (AvgIpc) is 2.97. The molecule has 0 saturated carbocycles. The molecular formula is C17H16FNO3. The number of para-hydroxylation sites is 1. The molecule has 0 spiro atoms. The quantitative estimate of drug-likeness (QED) is 0.944. The Kier molecular flexibility index (Phi) is 3.96. The lowest BCUT2D eigenvalue weighted by molar-refractivity contribution is -0.122. The molecule has 114 valence electrons. The van der Waals surface area contributed by atoms with Gasteiger partial charge in [-0.25, -0.2) is 4.39 Å². The zero-order valence-corrected chi connectivity index (χ0v) is 12.1. The van der Waals surface area contributed by atoms with Gasteiger partial charge in [0.15, 0.2) is 0 Å². The highest BCUT2D eigenvalue weighted by Gasteiger charge is 2.29. The van der Waals surface area contributed by atoms with Crippen molar-refractivity contribution in [3.05, 3.63) is 59.4 Å². The molecule has 0 bridgehead atoms. The van der Waals surface area contributed by atoms with Crippen LogP contribution in [0.1, 0.15) is 17.0 Å². The van der Waals surface area contributed by atoms with Crippen LogP contribution < -0.4 is 14.8 Å². The van der Waals surface area contributed by atoms with Crippen molar-refractivity contribution >= 4 is 5.91 Å².